The van der Waals surface area contributed by atoms with E-state index in [1.807, 2.05) is 17.5 Å². The standard InChI is InChI=1S/C19H21N3O2S/c23-17-3-1-2-13-10-14(4-5-15(13)17)21-18(24)16-11-25-19(22-16)12-6-8-20-9-7-12/h4-5,10-12,20H,1-3,6-9H2,(H,21,24). The number of piperidine rings is 1. The Morgan fingerprint density at radius 3 is 2.92 bits per heavy atom. The molecule has 0 spiro atoms. The topological polar surface area (TPSA) is 71.1 Å². The lowest BCUT2D eigenvalue weighted by Crippen LogP contribution is -2.26. The van der Waals surface area contributed by atoms with Crippen LogP contribution in [0.2, 0.25) is 0 Å². The van der Waals surface area contributed by atoms with Gasteiger partial charge in [-0.3, -0.25) is 9.59 Å². The van der Waals surface area contributed by atoms with Gasteiger partial charge >= 0.3 is 0 Å². The summed E-state index contributed by atoms with van der Waals surface area (Å²) in [5.74, 6) is 0.478. The molecule has 5 nitrogen and oxygen atoms in total. The van der Waals surface area contributed by atoms with Crippen LogP contribution in [0, 0.1) is 0 Å². The predicted molar refractivity (Wildman–Crippen MR) is 98.6 cm³/mol. The predicted octanol–water partition coefficient (Wildman–Crippen LogP) is 3.38. The highest BCUT2D eigenvalue weighted by Gasteiger charge is 2.21. The Labute approximate surface area is 150 Å². The quantitative estimate of drug-likeness (QED) is 0.885. The summed E-state index contributed by atoms with van der Waals surface area (Å²) in [6.45, 7) is 2.03. The first-order valence-electron chi connectivity index (χ1n) is 8.84. The third-order valence-electron chi connectivity index (χ3n) is 4.96. The fourth-order valence-electron chi connectivity index (χ4n) is 3.57. The molecule has 2 N–H and O–H groups in total. The highest BCUT2D eigenvalue weighted by Crippen LogP contribution is 2.28. The molecule has 1 aliphatic carbocycles. The minimum atomic E-state index is -0.182. The number of aryl methyl sites for hydroxylation is 1. The molecule has 1 amide bonds. The first-order valence-corrected chi connectivity index (χ1v) is 9.72. The lowest BCUT2D eigenvalue weighted by atomic mass is 9.90. The second-order valence-corrected chi connectivity index (χ2v) is 7.59. The van der Waals surface area contributed by atoms with Gasteiger partial charge in [0.2, 0.25) is 0 Å². The zero-order valence-electron chi connectivity index (χ0n) is 14.0. The number of amides is 1. The molecule has 1 aromatic carbocycles. The van der Waals surface area contributed by atoms with Crippen molar-refractivity contribution in [1.29, 1.82) is 0 Å². The van der Waals surface area contributed by atoms with Crippen molar-refractivity contribution < 1.29 is 9.59 Å². The van der Waals surface area contributed by atoms with Crippen LogP contribution in [0.4, 0.5) is 5.69 Å². The molecule has 2 aromatic rings. The van der Waals surface area contributed by atoms with Gasteiger partial charge in [-0.05, 0) is 62.5 Å². The van der Waals surface area contributed by atoms with E-state index in [-0.39, 0.29) is 11.7 Å². The van der Waals surface area contributed by atoms with Crippen LogP contribution in [-0.2, 0) is 6.42 Å². The third kappa shape index (κ3) is 3.50. The maximum atomic E-state index is 12.5. The van der Waals surface area contributed by atoms with Crippen molar-refractivity contribution >= 4 is 28.7 Å². The number of rotatable bonds is 3. The van der Waals surface area contributed by atoms with Gasteiger partial charge in [-0.1, -0.05) is 0 Å². The molecule has 0 unspecified atom stereocenters. The van der Waals surface area contributed by atoms with Gasteiger partial charge in [0.05, 0.1) is 5.01 Å². The number of anilines is 1. The monoisotopic (exact) mass is 355 g/mol. The maximum Gasteiger partial charge on any atom is 0.275 e. The fourth-order valence-corrected chi connectivity index (χ4v) is 4.54. The molecule has 1 aromatic heterocycles. The molecular weight excluding hydrogens is 334 g/mol. The molecule has 130 valence electrons. The minimum Gasteiger partial charge on any atom is -0.321 e. The van der Waals surface area contributed by atoms with E-state index < -0.39 is 0 Å². The van der Waals surface area contributed by atoms with Gasteiger partial charge in [0, 0.05) is 29.0 Å². The first-order chi connectivity index (χ1) is 12.2. The van der Waals surface area contributed by atoms with Crippen LogP contribution in [0.5, 0.6) is 0 Å². The number of fused-ring (bicyclic) bond motifs is 1. The highest BCUT2D eigenvalue weighted by atomic mass is 32.1. The molecule has 6 heteroatoms. The van der Waals surface area contributed by atoms with Gasteiger partial charge in [-0.25, -0.2) is 4.98 Å². The Hall–Kier alpha value is -2.05. The molecule has 1 aliphatic heterocycles. The Kier molecular flexibility index (Phi) is 4.63. The summed E-state index contributed by atoms with van der Waals surface area (Å²) in [6.07, 6.45) is 4.55. The van der Waals surface area contributed by atoms with Gasteiger partial charge in [0.25, 0.3) is 5.91 Å². The number of nitrogens with one attached hydrogen (secondary N) is 2. The Bertz CT molecular complexity index is 809. The SMILES string of the molecule is O=C(Nc1ccc2c(c1)CCCC2=O)c1csc(C2CCNCC2)n1. The van der Waals surface area contributed by atoms with Gasteiger partial charge in [0.15, 0.2) is 5.78 Å². The van der Waals surface area contributed by atoms with Crippen LogP contribution in [0.25, 0.3) is 0 Å². The van der Waals surface area contributed by atoms with Crippen molar-refractivity contribution in [2.75, 3.05) is 18.4 Å². The average molecular weight is 355 g/mol. The van der Waals surface area contributed by atoms with E-state index in [9.17, 15) is 9.59 Å². The van der Waals surface area contributed by atoms with E-state index in [1.54, 1.807) is 17.4 Å². The van der Waals surface area contributed by atoms with Crippen molar-refractivity contribution in [1.82, 2.24) is 10.3 Å². The molecule has 0 radical (unpaired) electrons. The van der Waals surface area contributed by atoms with Crippen molar-refractivity contribution in [3.05, 3.63) is 45.4 Å². The van der Waals surface area contributed by atoms with Gasteiger partial charge in [-0.15, -0.1) is 11.3 Å². The van der Waals surface area contributed by atoms with Gasteiger partial charge < -0.3 is 10.6 Å². The van der Waals surface area contributed by atoms with Crippen LogP contribution in [0.3, 0.4) is 0 Å². The number of hydrogen-bond acceptors (Lipinski definition) is 5. The molecule has 4 rings (SSSR count). The summed E-state index contributed by atoms with van der Waals surface area (Å²) < 4.78 is 0. The average Bonchev–Trinajstić information content (AvgIpc) is 3.13. The largest absolute Gasteiger partial charge is 0.321 e. The van der Waals surface area contributed by atoms with E-state index in [1.165, 1.54) is 0 Å². The smallest absolute Gasteiger partial charge is 0.275 e. The molecule has 1 saturated heterocycles. The first kappa shape index (κ1) is 16.4. The summed E-state index contributed by atoms with van der Waals surface area (Å²) in [5, 5.41) is 9.17. The summed E-state index contributed by atoms with van der Waals surface area (Å²) in [7, 11) is 0. The number of hydrogen-bond donors (Lipinski definition) is 2. The van der Waals surface area contributed by atoms with E-state index in [0.29, 0.717) is 18.0 Å². The summed E-state index contributed by atoms with van der Waals surface area (Å²) in [4.78, 5) is 28.9. The Morgan fingerprint density at radius 2 is 2.08 bits per heavy atom. The van der Waals surface area contributed by atoms with Gasteiger partial charge in [-0.2, -0.15) is 0 Å². The molecule has 0 saturated carbocycles. The fraction of sp³-hybridized carbons (Fsp3) is 0.421. The molecule has 0 atom stereocenters. The highest BCUT2D eigenvalue weighted by molar-refractivity contribution is 7.09. The number of ketones is 1. The van der Waals surface area contributed by atoms with Crippen LogP contribution in [0.15, 0.2) is 23.6 Å². The minimum absolute atomic E-state index is 0.182. The molecular formula is C19H21N3O2S. The summed E-state index contributed by atoms with van der Waals surface area (Å²) in [6, 6.07) is 5.55. The van der Waals surface area contributed by atoms with E-state index in [4.69, 9.17) is 0 Å². The molecule has 2 aliphatic rings. The second kappa shape index (κ2) is 7.06. The zero-order chi connectivity index (χ0) is 17.2. The Morgan fingerprint density at radius 1 is 1.24 bits per heavy atom. The number of carbonyl (C=O) groups is 2. The number of thiazole rings is 1. The number of nitrogens with zero attached hydrogens (tertiary/aromatic N) is 1. The Balaban J connectivity index is 1.47. The lowest BCUT2D eigenvalue weighted by molar-refractivity contribution is 0.0971. The maximum absolute atomic E-state index is 12.5. The molecule has 2 heterocycles. The van der Waals surface area contributed by atoms with E-state index in [2.05, 4.69) is 15.6 Å². The summed E-state index contributed by atoms with van der Waals surface area (Å²) >= 11 is 1.57. The van der Waals surface area contributed by atoms with Gasteiger partial charge in [0.1, 0.15) is 5.69 Å². The van der Waals surface area contributed by atoms with Crippen molar-refractivity contribution in [2.45, 2.75) is 38.0 Å². The number of benzene rings is 1. The molecule has 25 heavy (non-hydrogen) atoms. The van der Waals surface area contributed by atoms with Crippen LogP contribution in [-0.4, -0.2) is 29.8 Å². The second-order valence-electron chi connectivity index (χ2n) is 6.70. The van der Waals surface area contributed by atoms with Crippen molar-refractivity contribution in [2.24, 2.45) is 0 Å². The zero-order valence-corrected chi connectivity index (χ0v) is 14.8. The van der Waals surface area contributed by atoms with E-state index >= 15 is 0 Å². The number of carbonyl (C=O) groups excluding carboxylic acids is 2. The normalized spacial score (nSPS) is 18.0. The summed E-state index contributed by atoms with van der Waals surface area (Å²) in [5.41, 5.74) is 3.04. The lowest BCUT2D eigenvalue weighted by Gasteiger charge is -2.20. The van der Waals surface area contributed by atoms with Crippen LogP contribution < -0.4 is 10.6 Å². The molecule has 0 bridgehead atoms. The van der Waals surface area contributed by atoms with Crippen LogP contribution >= 0.6 is 11.3 Å². The number of aromatic nitrogens is 1. The van der Waals surface area contributed by atoms with Crippen molar-refractivity contribution in [3.63, 3.8) is 0 Å². The van der Waals surface area contributed by atoms with E-state index in [0.717, 1.165) is 60.6 Å². The van der Waals surface area contributed by atoms with Crippen LogP contribution in [0.1, 0.15) is 63.0 Å². The number of Topliss-reactive ketones (excluding diaryl/α,β-unsaturated/α-hetero) is 1. The van der Waals surface area contributed by atoms with Crippen molar-refractivity contribution in [3.8, 4) is 0 Å². The molecule has 1 fully saturated rings. The third-order valence-corrected chi connectivity index (χ3v) is 5.96.